The van der Waals surface area contributed by atoms with Gasteiger partial charge in [0.05, 0.1) is 4.90 Å². The maximum absolute atomic E-state index is 13.6. The van der Waals surface area contributed by atoms with Crippen molar-refractivity contribution < 1.29 is 8.42 Å². The van der Waals surface area contributed by atoms with Gasteiger partial charge >= 0.3 is 0 Å². The highest BCUT2D eigenvalue weighted by Crippen LogP contribution is 2.24. The molecule has 32 heavy (non-hydrogen) atoms. The van der Waals surface area contributed by atoms with Crippen molar-refractivity contribution >= 4 is 10.0 Å². The monoisotopic (exact) mass is 448 g/mol. The van der Waals surface area contributed by atoms with Crippen molar-refractivity contribution in [2.45, 2.75) is 43.7 Å². The summed E-state index contributed by atoms with van der Waals surface area (Å²) in [6.45, 7) is 4.92. The normalized spacial score (nSPS) is 17.5. The molecule has 1 aliphatic rings. The predicted octanol–water partition coefficient (Wildman–Crippen LogP) is 5.42. The van der Waals surface area contributed by atoms with Gasteiger partial charge in [-0.2, -0.15) is 4.31 Å². The second-order valence-electron chi connectivity index (χ2n) is 8.60. The third-order valence-electron chi connectivity index (χ3n) is 6.38. The van der Waals surface area contributed by atoms with E-state index in [-0.39, 0.29) is 0 Å². The Morgan fingerprint density at radius 3 is 2.12 bits per heavy atom. The summed E-state index contributed by atoms with van der Waals surface area (Å²) in [6, 6.07) is 27.7. The number of nitrogens with zero attached hydrogens (tertiary/aromatic N) is 2. The maximum Gasteiger partial charge on any atom is 0.243 e. The molecule has 0 bridgehead atoms. The molecule has 0 aromatic heterocycles. The van der Waals surface area contributed by atoms with E-state index >= 15 is 0 Å². The molecule has 1 fully saturated rings. The van der Waals surface area contributed by atoms with Gasteiger partial charge in [0.25, 0.3) is 0 Å². The first kappa shape index (κ1) is 22.7. The Hall–Kier alpha value is -2.47. The van der Waals surface area contributed by atoms with Gasteiger partial charge in [-0.05, 0) is 55.1 Å². The van der Waals surface area contributed by atoms with Gasteiger partial charge in [-0.1, -0.05) is 79.2 Å². The first-order valence-corrected chi connectivity index (χ1v) is 12.9. The van der Waals surface area contributed by atoms with Gasteiger partial charge in [0.15, 0.2) is 0 Å². The molecule has 0 radical (unpaired) electrons. The molecule has 4 nitrogen and oxygen atoms in total. The van der Waals surface area contributed by atoms with Gasteiger partial charge in [-0.25, -0.2) is 8.42 Å². The predicted molar refractivity (Wildman–Crippen MR) is 131 cm³/mol. The van der Waals surface area contributed by atoms with Gasteiger partial charge in [0.1, 0.15) is 0 Å². The van der Waals surface area contributed by atoms with Crippen LogP contribution in [-0.2, 0) is 16.6 Å². The number of rotatable bonds is 8. The summed E-state index contributed by atoms with van der Waals surface area (Å²) in [5.41, 5.74) is 3.10. The lowest BCUT2D eigenvalue weighted by molar-refractivity contribution is 0.151. The second kappa shape index (κ2) is 10.4. The molecule has 1 heterocycles. The number of piperidine rings is 1. The van der Waals surface area contributed by atoms with Crippen molar-refractivity contribution in [3.05, 3.63) is 90.5 Å². The Morgan fingerprint density at radius 1 is 0.844 bits per heavy atom. The van der Waals surface area contributed by atoms with Crippen molar-refractivity contribution in [1.82, 2.24) is 9.21 Å². The van der Waals surface area contributed by atoms with Crippen LogP contribution in [0.15, 0.2) is 89.8 Å². The van der Waals surface area contributed by atoms with Gasteiger partial charge in [-0.3, -0.25) is 4.90 Å². The van der Waals surface area contributed by atoms with Crippen molar-refractivity contribution in [3.63, 3.8) is 0 Å². The van der Waals surface area contributed by atoms with Crippen LogP contribution in [0.1, 0.15) is 31.7 Å². The summed E-state index contributed by atoms with van der Waals surface area (Å²) in [7, 11) is -3.61. The van der Waals surface area contributed by atoms with Crippen LogP contribution in [0.3, 0.4) is 0 Å². The molecule has 168 valence electrons. The molecule has 3 aromatic rings. The quantitative estimate of drug-likeness (QED) is 0.462. The summed E-state index contributed by atoms with van der Waals surface area (Å²) >= 11 is 0. The molecule has 0 saturated carbocycles. The number of sulfonamides is 1. The highest BCUT2D eigenvalue weighted by molar-refractivity contribution is 7.89. The number of benzene rings is 3. The minimum absolute atomic E-state index is 0.347. The van der Waals surface area contributed by atoms with Crippen molar-refractivity contribution in [1.29, 1.82) is 0 Å². The summed E-state index contributed by atoms with van der Waals surface area (Å²) in [6.07, 6.45) is 3.64. The fourth-order valence-corrected chi connectivity index (χ4v) is 5.82. The number of hydrogen-bond donors (Lipinski definition) is 0. The van der Waals surface area contributed by atoms with E-state index in [9.17, 15) is 8.42 Å². The van der Waals surface area contributed by atoms with E-state index in [2.05, 4.69) is 11.8 Å². The Balaban J connectivity index is 1.56. The molecule has 0 spiro atoms. The average molecular weight is 449 g/mol. The van der Waals surface area contributed by atoms with Crippen LogP contribution in [0, 0.1) is 0 Å². The van der Waals surface area contributed by atoms with E-state index in [1.165, 1.54) is 19.3 Å². The van der Waals surface area contributed by atoms with Crippen molar-refractivity contribution in [3.8, 4) is 11.1 Å². The molecule has 5 heteroatoms. The molecule has 1 atom stereocenters. The first-order chi connectivity index (χ1) is 15.5. The zero-order valence-corrected chi connectivity index (χ0v) is 19.5. The third kappa shape index (κ3) is 5.47. The molecule has 0 aliphatic carbocycles. The van der Waals surface area contributed by atoms with Gasteiger partial charge in [0.2, 0.25) is 10.0 Å². The van der Waals surface area contributed by atoms with Crippen LogP contribution in [0.5, 0.6) is 0 Å². The van der Waals surface area contributed by atoms with Crippen molar-refractivity contribution in [2.24, 2.45) is 0 Å². The molecule has 1 unspecified atom stereocenters. The van der Waals surface area contributed by atoms with E-state index in [4.69, 9.17) is 0 Å². The summed E-state index contributed by atoms with van der Waals surface area (Å²) in [5.74, 6) is 0. The highest BCUT2D eigenvalue weighted by atomic mass is 32.2. The standard InChI is InChI=1S/C27H32N2O2S/c1-23-10-8-9-19-28(23)20-21-29(22-24-11-4-2-5-12-24)32(30,31)27-17-15-26(16-18-27)25-13-6-3-7-14-25/h2-7,11-18,23H,8-10,19-22H2,1H3. The Morgan fingerprint density at radius 2 is 1.47 bits per heavy atom. The fraction of sp³-hybridized carbons (Fsp3) is 0.333. The molecule has 0 amide bonds. The summed E-state index contributed by atoms with van der Waals surface area (Å²) < 4.78 is 28.9. The van der Waals surface area contributed by atoms with E-state index in [1.54, 1.807) is 16.4 Å². The number of likely N-dealkylation sites (tertiary alicyclic amines) is 1. The zero-order chi connectivity index (χ0) is 22.4. The lowest BCUT2D eigenvalue weighted by atomic mass is 10.0. The topological polar surface area (TPSA) is 40.6 Å². The minimum atomic E-state index is -3.61. The first-order valence-electron chi connectivity index (χ1n) is 11.5. The molecule has 4 rings (SSSR count). The van der Waals surface area contributed by atoms with Gasteiger partial charge in [-0.15, -0.1) is 0 Å². The van der Waals surface area contributed by atoms with Crippen molar-refractivity contribution in [2.75, 3.05) is 19.6 Å². The van der Waals surface area contributed by atoms with Crippen LogP contribution < -0.4 is 0 Å². The van der Waals surface area contributed by atoms with Gasteiger partial charge < -0.3 is 0 Å². The summed E-state index contributed by atoms with van der Waals surface area (Å²) in [4.78, 5) is 2.77. The minimum Gasteiger partial charge on any atom is -0.299 e. The molecule has 1 saturated heterocycles. The smallest absolute Gasteiger partial charge is 0.243 e. The third-order valence-corrected chi connectivity index (χ3v) is 8.24. The largest absolute Gasteiger partial charge is 0.299 e. The molecule has 1 aliphatic heterocycles. The Bertz CT molecular complexity index is 1080. The van der Waals surface area contributed by atoms with E-state index in [1.807, 2.05) is 72.8 Å². The fourth-order valence-electron chi connectivity index (χ4n) is 4.40. The maximum atomic E-state index is 13.6. The SMILES string of the molecule is CC1CCCCN1CCN(Cc1ccccc1)S(=O)(=O)c1ccc(-c2ccccc2)cc1. The average Bonchev–Trinajstić information content (AvgIpc) is 2.84. The molecular formula is C27H32N2O2S. The summed E-state index contributed by atoms with van der Waals surface area (Å²) in [5, 5.41) is 0. The van der Waals surface area contributed by atoms with Crippen LogP contribution >= 0.6 is 0 Å². The Labute approximate surface area is 192 Å². The number of hydrogen-bond acceptors (Lipinski definition) is 3. The van der Waals surface area contributed by atoms with Crippen LogP contribution in [0.2, 0.25) is 0 Å². The van der Waals surface area contributed by atoms with E-state index < -0.39 is 10.0 Å². The van der Waals surface area contributed by atoms with E-state index in [0.717, 1.165) is 29.8 Å². The van der Waals surface area contributed by atoms with Crippen LogP contribution in [0.25, 0.3) is 11.1 Å². The second-order valence-corrected chi connectivity index (χ2v) is 10.5. The van der Waals surface area contributed by atoms with Crippen LogP contribution in [-0.4, -0.2) is 43.3 Å². The Kier molecular flexibility index (Phi) is 7.40. The highest BCUT2D eigenvalue weighted by Gasteiger charge is 2.27. The van der Waals surface area contributed by atoms with Gasteiger partial charge in [0, 0.05) is 25.7 Å². The lowest BCUT2D eigenvalue weighted by Gasteiger charge is -2.35. The van der Waals surface area contributed by atoms with Crippen LogP contribution in [0.4, 0.5) is 0 Å². The lowest BCUT2D eigenvalue weighted by Crippen LogP contribution is -2.43. The van der Waals surface area contributed by atoms with E-state index in [0.29, 0.717) is 24.0 Å². The zero-order valence-electron chi connectivity index (χ0n) is 18.7. The molecular weight excluding hydrogens is 416 g/mol. The molecule has 3 aromatic carbocycles. The molecule has 0 N–H and O–H groups in total.